The predicted octanol–water partition coefficient (Wildman–Crippen LogP) is 5.06. The monoisotopic (exact) mass is 315 g/mol. The second-order valence-corrected chi connectivity index (χ2v) is 7.27. The number of aromatic nitrogens is 1. The number of hydrogen-bond donors (Lipinski definition) is 0. The fourth-order valence-electron chi connectivity index (χ4n) is 3.40. The van der Waals surface area contributed by atoms with E-state index in [2.05, 4.69) is 35.3 Å². The summed E-state index contributed by atoms with van der Waals surface area (Å²) in [5.74, 6) is 0.880. The van der Waals surface area contributed by atoms with Crippen molar-refractivity contribution in [2.24, 2.45) is 5.92 Å². The van der Waals surface area contributed by atoms with Crippen LogP contribution in [0.3, 0.4) is 0 Å². The zero-order valence-corrected chi connectivity index (χ0v) is 14.2. The predicted molar refractivity (Wildman–Crippen MR) is 92.8 cm³/mol. The minimum absolute atomic E-state index is 0.840. The van der Waals surface area contributed by atoms with Gasteiger partial charge in [0.05, 0.1) is 12.8 Å². The van der Waals surface area contributed by atoms with E-state index in [0.717, 1.165) is 17.5 Å². The molecule has 0 amide bonds. The molecule has 0 radical (unpaired) electrons. The molecule has 1 unspecified atom stereocenters. The van der Waals surface area contributed by atoms with Gasteiger partial charge in [0.25, 0.3) is 5.19 Å². The number of hydrogen-bond acceptors (Lipinski definition) is 3. The first-order valence-electron chi connectivity index (χ1n) is 8.41. The second kappa shape index (κ2) is 7.77. The highest BCUT2D eigenvalue weighted by molar-refractivity contribution is 7.13. The Morgan fingerprint density at radius 2 is 2.05 bits per heavy atom. The minimum atomic E-state index is 0.840. The van der Waals surface area contributed by atoms with Crippen molar-refractivity contribution >= 4 is 11.3 Å². The lowest BCUT2D eigenvalue weighted by Gasteiger charge is -2.19. The van der Waals surface area contributed by atoms with Crippen molar-refractivity contribution in [1.29, 1.82) is 0 Å². The number of ether oxygens (including phenoxy) is 1. The highest BCUT2D eigenvalue weighted by Gasteiger charge is 2.18. The van der Waals surface area contributed by atoms with Crippen LogP contribution in [0, 0.1) is 5.92 Å². The minimum Gasteiger partial charge on any atom is -0.473 e. The highest BCUT2D eigenvalue weighted by atomic mass is 32.1. The fourth-order valence-corrected chi connectivity index (χ4v) is 4.34. The van der Waals surface area contributed by atoms with E-state index < -0.39 is 0 Å². The molecular weight excluding hydrogens is 290 g/mol. The molecule has 2 nitrogen and oxygen atoms in total. The lowest BCUT2D eigenvalue weighted by molar-refractivity contribution is 0.388. The molecule has 0 N–H and O–H groups in total. The van der Waals surface area contributed by atoms with Gasteiger partial charge in [-0.05, 0) is 50.0 Å². The summed E-state index contributed by atoms with van der Waals surface area (Å²) in [5.41, 5.74) is 2.77. The van der Waals surface area contributed by atoms with Gasteiger partial charge in [0.2, 0.25) is 0 Å². The van der Waals surface area contributed by atoms with Crippen LogP contribution in [-0.4, -0.2) is 12.1 Å². The summed E-state index contributed by atoms with van der Waals surface area (Å²) in [6, 6.07) is 10.9. The van der Waals surface area contributed by atoms with Crippen molar-refractivity contribution in [3.05, 3.63) is 46.5 Å². The number of fused-ring (bicyclic) bond motifs is 1. The van der Waals surface area contributed by atoms with Crippen molar-refractivity contribution in [2.75, 3.05) is 7.11 Å². The zero-order chi connectivity index (χ0) is 15.2. The van der Waals surface area contributed by atoms with Crippen LogP contribution in [-0.2, 0) is 19.3 Å². The van der Waals surface area contributed by atoms with Crippen molar-refractivity contribution in [1.82, 2.24) is 4.98 Å². The lowest BCUT2D eigenvalue weighted by Crippen LogP contribution is -2.08. The Labute approximate surface area is 137 Å². The first-order valence-corrected chi connectivity index (χ1v) is 9.23. The van der Waals surface area contributed by atoms with Gasteiger partial charge in [-0.15, -0.1) is 0 Å². The molecule has 3 heteroatoms. The number of methoxy groups -OCH3 is 1. The Balaban J connectivity index is 1.49. The molecule has 1 aliphatic carbocycles. The molecule has 118 valence electrons. The third-order valence-corrected chi connectivity index (χ3v) is 5.78. The average molecular weight is 315 g/mol. The van der Waals surface area contributed by atoms with E-state index in [1.54, 1.807) is 18.4 Å². The summed E-state index contributed by atoms with van der Waals surface area (Å²) >= 11 is 1.75. The van der Waals surface area contributed by atoms with Crippen LogP contribution >= 0.6 is 11.3 Å². The molecule has 1 aromatic heterocycles. The third kappa shape index (κ3) is 4.10. The number of aryl methyl sites for hydroxylation is 3. The van der Waals surface area contributed by atoms with Gasteiger partial charge >= 0.3 is 0 Å². The second-order valence-electron chi connectivity index (χ2n) is 6.23. The molecule has 22 heavy (non-hydrogen) atoms. The van der Waals surface area contributed by atoms with Crippen LogP contribution in [0.5, 0.6) is 5.19 Å². The molecule has 0 aliphatic heterocycles. The zero-order valence-electron chi connectivity index (χ0n) is 13.4. The van der Waals surface area contributed by atoms with Crippen LogP contribution in [0.25, 0.3) is 0 Å². The van der Waals surface area contributed by atoms with E-state index in [-0.39, 0.29) is 0 Å². The maximum atomic E-state index is 5.30. The summed E-state index contributed by atoms with van der Waals surface area (Å²) in [7, 11) is 1.72. The molecule has 0 saturated heterocycles. The van der Waals surface area contributed by atoms with Gasteiger partial charge in [-0.25, -0.2) is 4.98 Å². The van der Waals surface area contributed by atoms with E-state index in [4.69, 9.17) is 4.74 Å². The van der Waals surface area contributed by atoms with E-state index >= 15 is 0 Å². The maximum absolute atomic E-state index is 5.30. The summed E-state index contributed by atoms with van der Waals surface area (Å²) in [6.07, 6.45) is 10.2. The lowest BCUT2D eigenvalue weighted by atomic mass is 9.88. The van der Waals surface area contributed by atoms with Gasteiger partial charge < -0.3 is 4.74 Å². The number of benzene rings is 1. The topological polar surface area (TPSA) is 22.1 Å². The van der Waals surface area contributed by atoms with Gasteiger partial charge in [-0.2, -0.15) is 0 Å². The first-order chi connectivity index (χ1) is 10.8. The van der Waals surface area contributed by atoms with Crippen LogP contribution in [0.15, 0.2) is 30.3 Å². The van der Waals surface area contributed by atoms with Crippen molar-refractivity contribution in [3.8, 4) is 5.19 Å². The summed E-state index contributed by atoms with van der Waals surface area (Å²) in [5, 5.41) is 0.840. The molecule has 3 rings (SSSR count). The third-order valence-electron chi connectivity index (χ3n) is 4.66. The fraction of sp³-hybridized carbons (Fsp3) is 0.526. The summed E-state index contributed by atoms with van der Waals surface area (Å²) < 4.78 is 5.30. The Morgan fingerprint density at radius 3 is 2.86 bits per heavy atom. The number of rotatable bonds is 5. The standard InChI is InChI=1S/C19H25NOS/c1-21-19-20-17-12-6-11-16(13-14-18(17)22-19)10-5-9-15-7-3-2-4-8-15/h2-4,7-8,16H,5-6,9-14H2,1H3. The van der Waals surface area contributed by atoms with E-state index in [1.807, 2.05) is 0 Å². The molecule has 2 aromatic rings. The molecule has 1 aromatic carbocycles. The quantitative estimate of drug-likeness (QED) is 0.769. The molecule has 0 bridgehead atoms. The largest absolute Gasteiger partial charge is 0.473 e. The van der Waals surface area contributed by atoms with Crippen LogP contribution in [0.1, 0.15) is 48.2 Å². The molecule has 0 spiro atoms. The van der Waals surface area contributed by atoms with Gasteiger partial charge in [-0.1, -0.05) is 54.5 Å². The first kappa shape index (κ1) is 15.5. The summed E-state index contributed by atoms with van der Waals surface area (Å²) in [4.78, 5) is 6.06. The Hall–Kier alpha value is -1.35. The normalized spacial score (nSPS) is 18.3. The van der Waals surface area contributed by atoms with Gasteiger partial charge in [-0.3, -0.25) is 0 Å². The number of nitrogens with zero attached hydrogens (tertiary/aromatic N) is 1. The Bertz CT molecular complexity index is 578. The van der Waals surface area contributed by atoms with E-state index in [1.165, 1.54) is 61.1 Å². The van der Waals surface area contributed by atoms with Gasteiger partial charge in [0.1, 0.15) is 0 Å². The Kier molecular flexibility index (Phi) is 5.49. The molecular formula is C19H25NOS. The molecule has 1 aliphatic rings. The molecule has 0 saturated carbocycles. The van der Waals surface area contributed by atoms with Gasteiger partial charge in [0, 0.05) is 4.88 Å². The van der Waals surface area contributed by atoms with Crippen LogP contribution < -0.4 is 4.74 Å². The maximum Gasteiger partial charge on any atom is 0.273 e. The molecule has 1 heterocycles. The average Bonchev–Trinajstić information content (AvgIpc) is 2.92. The molecule has 0 fully saturated rings. The molecule has 1 atom stereocenters. The van der Waals surface area contributed by atoms with E-state index in [0.29, 0.717) is 0 Å². The van der Waals surface area contributed by atoms with E-state index in [9.17, 15) is 0 Å². The highest BCUT2D eigenvalue weighted by Crippen LogP contribution is 2.32. The SMILES string of the molecule is COc1nc2c(s1)CCC(CCCc1ccccc1)CCC2. The van der Waals surface area contributed by atoms with Crippen molar-refractivity contribution in [2.45, 2.75) is 51.4 Å². The smallest absolute Gasteiger partial charge is 0.273 e. The Morgan fingerprint density at radius 1 is 1.18 bits per heavy atom. The van der Waals surface area contributed by atoms with Crippen LogP contribution in [0.2, 0.25) is 0 Å². The van der Waals surface area contributed by atoms with Crippen LogP contribution in [0.4, 0.5) is 0 Å². The van der Waals surface area contributed by atoms with Crippen molar-refractivity contribution < 1.29 is 4.74 Å². The van der Waals surface area contributed by atoms with Gasteiger partial charge in [0.15, 0.2) is 0 Å². The van der Waals surface area contributed by atoms with Crippen molar-refractivity contribution in [3.63, 3.8) is 0 Å². The summed E-state index contributed by atoms with van der Waals surface area (Å²) in [6.45, 7) is 0. The number of thiazole rings is 1.